The fraction of sp³-hybridized carbons (Fsp3) is 1.00. The van der Waals surface area contributed by atoms with Crippen molar-refractivity contribution in [3.05, 3.63) is 0 Å². The molecule has 1 saturated carbocycles. The maximum atomic E-state index is 11.8. The topological polar surface area (TPSA) is 69.6 Å². The molecule has 1 aliphatic carbocycles. The van der Waals surface area contributed by atoms with Crippen molar-refractivity contribution >= 4 is 22.0 Å². The lowest BCUT2D eigenvalue weighted by molar-refractivity contribution is 0.275. The summed E-state index contributed by atoms with van der Waals surface area (Å²) in [6.07, 6.45) is 4.63. The molecule has 2 N–H and O–H groups in total. The van der Waals surface area contributed by atoms with E-state index in [1.165, 1.54) is 11.4 Å². The van der Waals surface area contributed by atoms with Crippen LogP contribution in [-0.2, 0) is 10.2 Å². The van der Waals surface area contributed by atoms with Gasteiger partial charge in [-0.2, -0.15) is 24.5 Å². The van der Waals surface area contributed by atoms with Gasteiger partial charge in [0.05, 0.1) is 0 Å². The highest BCUT2D eigenvalue weighted by Gasteiger charge is 2.42. The van der Waals surface area contributed by atoms with Crippen LogP contribution >= 0.6 is 11.8 Å². The van der Waals surface area contributed by atoms with E-state index in [0.717, 1.165) is 12.8 Å². The predicted octanol–water partition coefficient (Wildman–Crippen LogP) is 0.0306. The van der Waals surface area contributed by atoms with Crippen LogP contribution in [0.2, 0.25) is 0 Å². The Kier molecular flexibility index (Phi) is 5.06. The lowest BCUT2D eigenvalue weighted by atomic mass is 10.4. The van der Waals surface area contributed by atoms with E-state index in [1.54, 1.807) is 11.8 Å². The normalized spacial score (nSPS) is 19.0. The van der Waals surface area contributed by atoms with Crippen molar-refractivity contribution in [2.24, 2.45) is 0 Å². The van der Waals surface area contributed by atoms with E-state index < -0.39 is 10.2 Å². The monoisotopic (exact) mass is 268 g/mol. The minimum atomic E-state index is -3.38. The molecule has 0 aromatic carbocycles. The highest BCUT2D eigenvalue weighted by molar-refractivity contribution is 8.00. The summed E-state index contributed by atoms with van der Waals surface area (Å²) in [5.41, 5.74) is 0. The third-order valence-electron chi connectivity index (χ3n) is 2.86. The van der Waals surface area contributed by atoms with E-state index in [2.05, 4.69) is 4.72 Å². The molecule has 7 heteroatoms. The molecule has 0 amide bonds. The molecule has 96 valence electrons. The number of nitrogens with zero attached hydrogens (tertiary/aromatic N) is 1. The molecule has 0 radical (unpaired) electrons. The number of hydrogen-bond acceptors (Lipinski definition) is 4. The third-order valence-corrected chi connectivity index (χ3v) is 5.79. The molecule has 0 heterocycles. The van der Waals surface area contributed by atoms with Gasteiger partial charge in [-0.05, 0) is 25.5 Å². The van der Waals surface area contributed by atoms with Crippen molar-refractivity contribution in [3.8, 4) is 0 Å². The minimum Gasteiger partial charge on any atom is -0.396 e. The third kappa shape index (κ3) is 3.89. The van der Waals surface area contributed by atoms with Crippen LogP contribution in [0.3, 0.4) is 0 Å². The van der Waals surface area contributed by atoms with Gasteiger partial charge in [-0.15, -0.1) is 0 Å². The largest absolute Gasteiger partial charge is 0.396 e. The highest BCUT2D eigenvalue weighted by Crippen LogP contribution is 2.46. The Morgan fingerprint density at radius 3 is 2.56 bits per heavy atom. The first-order valence-corrected chi connectivity index (χ1v) is 7.99. The van der Waals surface area contributed by atoms with Crippen molar-refractivity contribution in [2.45, 2.75) is 24.0 Å². The van der Waals surface area contributed by atoms with Crippen LogP contribution < -0.4 is 4.72 Å². The standard InChI is InChI=1S/C9H20N2O3S2/c1-11(6-3-7-12)16(13,14)10-8-9(15-2)4-5-9/h10,12H,3-8H2,1-2H3. The molecule has 0 atom stereocenters. The van der Waals surface area contributed by atoms with Crippen molar-refractivity contribution in [2.75, 3.05) is 33.0 Å². The van der Waals surface area contributed by atoms with E-state index in [9.17, 15) is 8.42 Å². The zero-order valence-corrected chi connectivity index (χ0v) is 11.4. The number of thioether (sulfide) groups is 1. The zero-order chi connectivity index (χ0) is 12.2. The first-order chi connectivity index (χ1) is 7.46. The van der Waals surface area contributed by atoms with E-state index in [0.29, 0.717) is 19.5 Å². The van der Waals surface area contributed by atoms with Gasteiger partial charge >= 0.3 is 0 Å². The maximum Gasteiger partial charge on any atom is 0.279 e. The average Bonchev–Trinajstić information content (AvgIpc) is 3.04. The zero-order valence-electron chi connectivity index (χ0n) is 9.77. The quantitative estimate of drug-likeness (QED) is 0.652. The van der Waals surface area contributed by atoms with Crippen LogP contribution in [0.5, 0.6) is 0 Å². The molecule has 1 aliphatic rings. The molecule has 0 aliphatic heterocycles. The average molecular weight is 268 g/mol. The number of nitrogens with one attached hydrogen (secondary N) is 1. The predicted molar refractivity (Wildman–Crippen MR) is 66.7 cm³/mol. The Balaban J connectivity index is 2.39. The van der Waals surface area contributed by atoms with Gasteiger partial charge in [0.15, 0.2) is 0 Å². The summed E-state index contributed by atoms with van der Waals surface area (Å²) in [5.74, 6) is 0. The number of aliphatic hydroxyl groups excluding tert-OH is 1. The Hall–Kier alpha value is 0.180. The van der Waals surface area contributed by atoms with Gasteiger partial charge in [0.2, 0.25) is 0 Å². The second kappa shape index (κ2) is 5.68. The molecular weight excluding hydrogens is 248 g/mol. The summed E-state index contributed by atoms with van der Waals surface area (Å²) in [7, 11) is -1.85. The Morgan fingerprint density at radius 2 is 2.12 bits per heavy atom. The van der Waals surface area contributed by atoms with Crippen molar-refractivity contribution < 1.29 is 13.5 Å². The second-order valence-corrected chi connectivity index (χ2v) is 7.25. The fourth-order valence-electron chi connectivity index (χ4n) is 1.34. The molecule has 0 aromatic rings. The van der Waals surface area contributed by atoms with Crippen molar-refractivity contribution in [1.82, 2.24) is 9.03 Å². The molecule has 0 spiro atoms. The lowest BCUT2D eigenvalue weighted by Crippen LogP contribution is -2.42. The van der Waals surface area contributed by atoms with Gasteiger partial charge in [-0.1, -0.05) is 0 Å². The first-order valence-electron chi connectivity index (χ1n) is 5.33. The van der Waals surface area contributed by atoms with Crippen LogP contribution in [0.25, 0.3) is 0 Å². The molecule has 1 fully saturated rings. The van der Waals surface area contributed by atoms with Gasteiger partial charge in [-0.3, -0.25) is 0 Å². The van der Waals surface area contributed by atoms with Gasteiger partial charge < -0.3 is 5.11 Å². The summed E-state index contributed by atoms with van der Waals surface area (Å²) in [6, 6.07) is 0. The number of hydrogen-bond donors (Lipinski definition) is 2. The van der Waals surface area contributed by atoms with E-state index in [1.807, 2.05) is 6.26 Å². The molecule has 0 bridgehead atoms. The van der Waals surface area contributed by atoms with Gasteiger partial charge in [0, 0.05) is 31.5 Å². The SMILES string of the molecule is CSC1(CNS(=O)(=O)N(C)CCCO)CC1. The van der Waals surface area contributed by atoms with Crippen LogP contribution in [0.1, 0.15) is 19.3 Å². The molecule has 0 saturated heterocycles. The lowest BCUT2D eigenvalue weighted by Gasteiger charge is -2.19. The summed E-state index contributed by atoms with van der Waals surface area (Å²) < 4.78 is 27.5. The molecule has 0 aromatic heterocycles. The smallest absolute Gasteiger partial charge is 0.279 e. The highest BCUT2D eigenvalue weighted by atomic mass is 32.2. The Labute approximate surface area is 102 Å². The maximum absolute atomic E-state index is 11.8. The van der Waals surface area contributed by atoms with Crippen LogP contribution in [0.4, 0.5) is 0 Å². The molecular formula is C9H20N2O3S2. The van der Waals surface area contributed by atoms with Crippen molar-refractivity contribution in [1.29, 1.82) is 0 Å². The summed E-state index contributed by atoms with van der Waals surface area (Å²) in [4.78, 5) is 0. The van der Waals surface area contributed by atoms with Crippen LogP contribution in [0.15, 0.2) is 0 Å². The first kappa shape index (κ1) is 14.2. The molecule has 0 unspecified atom stereocenters. The van der Waals surface area contributed by atoms with E-state index >= 15 is 0 Å². The summed E-state index contributed by atoms with van der Waals surface area (Å²) in [6.45, 7) is 0.854. The van der Waals surface area contributed by atoms with Gasteiger partial charge in [0.1, 0.15) is 0 Å². The fourth-order valence-corrected chi connectivity index (χ4v) is 3.21. The molecule has 1 rings (SSSR count). The second-order valence-electron chi connectivity index (χ2n) is 4.11. The Morgan fingerprint density at radius 1 is 1.50 bits per heavy atom. The molecule has 16 heavy (non-hydrogen) atoms. The van der Waals surface area contributed by atoms with E-state index in [-0.39, 0.29) is 11.4 Å². The number of rotatable bonds is 8. The van der Waals surface area contributed by atoms with Gasteiger partial charge in [0.25, 0.3) is 10.2 Å². The Bertz CT molecular complexity index is 315. The summed E-state index contributed by atoms with van der Waals surface area (Å²) >= 11 is 1.72. The number of aliphatic hydroxyl groups is 1. The molecule has 5 nitrogen and oxygen atoms in total. The van der Waals surface area contributed by atoms with Crippen LogP contribution in [-0.4, -0.2) is 55.6 Å². The van der Waals surface area contributed by atoms with Crippen molar-refractivity contribution in [3.63, 3.8) is 0 Å². The minimum absolute atomic E-state index is 0.00854. The van der Waals surface area contributed by atoms with E-state index in [4.69, 9.17) is 5.11 Å². The van der Waals surface area contributed by atoms with Gasteiger partial charge in [-0.25, -0.2) is 4.72 Å². The van der Waals surface area contributed by atoms with Crippen LogP contribution in [0, 0.1) is 0 Å². The summed E-state index contributed by atoms with van der Waals surface area (Å²) in [5, 5.41) is 8.64.